The molecule has 1 saturated heterocycles. The summed E-state index contributed by atoms with van der Waals surface area (Å²) in [5.41, 5.74) is 0. The molecular weight excluding hydrogens is 266 g/mol. The van der Waals surface area contributed by atoms with Crippen molar-refractivity contribution in [1.82, 2.24) is 4.90 Å². The smallest absolute Gasteiger partial charge is 0.265 e. The number of carbonyl (C=O) groups excluding carboxylic acids is 1. The molecule has 0 aromatic carbocycles. The topological polar surface area (TPSA) is 29.5 Å². The molecule has 1 aromatic heterocycles. The number of rotatable bonds is 1. The highest BCUT2D eigenvalue weighted by molar-refractivity contribution is 9.10. The Morgan fingerprint density at radius 2 is 2.21 bits per heavy atom. The summed E-state index contributed by atoms with van der Waals surface area (Å²) in [6.07, 6.45) is 0. The van der Waals surface area contributed by atoms with Gasteiger partial charge in [0.15, 0.2) is 0 Å². The molecule has 0 spiro atoms. The Labute approximate surface area is 94.8 Å². The highest BCUT2D eigenvalue weighted by atomic mass is 79.9. The predicted molar refractivity (Wildman–Crippen MR) is 58.7 cm³/mol. The van der Waals surface area contributed by atoms with Crippen molar-refractivity contribution in [3.63, 3.8) is 0 Å². The number of morpholine rings is 1. The van der Waals surface area contributed by atoms with E-state index in [-0.39, 0.29) is 5.91 Å². The van der Waals surface area contributed by atoms with E-state index in [4.69, 9.17) is 4.74 Å². The summed E-state index contributed by atoms with van der Waals surface area (Å²) >= 11 is 4.84. The maximum Gasteiger partial charge on any atom is 0.265 e. The van der Waals surface area contributed by atoms with E-state index in [0.717, 1.165) is 9.35 Å². The fourth-order valence-electron chi connectivity index (χ4n) is 1.36. The molecule has 0 aliphatic carbocycles. The van der Waals surface area contributed by atoms with E-state index < -0.39 is 0 Å². The third-order valence-electron chi connectivity index (χ3n) is 2.11. The first-order chi connectivity index (χ1) is 6.79. The number of carbonyl (C=O) groups is 1. The maximum atomic E-state index is 11.9. The van der Waals surface area contributed by atoms with Crippen molar-refractivity contribution in [2.75, 3.05) is 26.3 Å². The fraction of sp³-hybridized carbons (Fsp3) is 0.444. The molecule has 5 heteroatoms. The lowest BCUT2D eigenvalue weighted by Crippen LogP contribution is -2.40. The molecule has 3 nitrogen and oxygen atoms in total. The minimum absolute atomic E-state index is 0.107. The van der Waals surface area contributed by atoms with Gasteiger partial charge in [-0.1, -0.05) is 0 Å². The fourth-order valence-corrected chi connectivity index (χ4v) is 2.86. The number of hydrogen-bond acceptors (Lipinski definition) is 3. The second kappa shape index (κ2) is 4.42. The molecule has 0 unspecified atom stereocenters. The zero-order valence-electron chi connectivity index (χ0n) is 7.53. The lowest BCUT2D eigenvalue weighted by Gasteiger charge is -2.26. The molecule has 1 aliphatic heterocycles. The van der Waals surface area contributed by atoms with Gasteiger partial charge in [0, 0.05) is 17.6 Å². The van der Waals surface area contributed by atoms with Crippen LogP contribution in [-0.4, -0.2) is 37.1 Å². The second-order valence-corrected chi connectivity index (χ2v) is 4.77. The predicted octanol–water partition coefficient (Wildman–Crippen LogP) is 1.98. The molecule has 0 radical (unpaired) electrons. The number of nitrogens with zero attached hydrogens (tertiary/aromatic N) is 1. The van der Waals surface area contributed by atoms with E-state index in [1.165, 1.54) is 11.3 Å². The van der Waals surface area contributed by atoms with E-state index in [1.54, 1.807) is 0 Å². The first kappa shape index (κ1) is 10.1. The quantitative estimate of drug-likeness (QED) is 0.785. The van der Waals surface area contributed by atoms with Crippen LogP contribution in [0.25, 0.3) is 0 Å². The first-order valence-electron chi connectivity index (χ1n) is 4.39. The average Bonchev–Trinajstić information content (AvgIpc) is 2.65. The third kappa shape index (κ3) is 1.99. The molecule has 14 heavy (non-hydrogen) atoms. The van der Waals surface area contributed by atoms with Crippen molar-refractivity contribution in [3.05, 3.63) is 20.8 Å². The molecule has 0 saturated carbocycles. The van der Waals surface area contributed by atoms with E-state index in [1.807, 2.05) is 16.3 Å². The monoisotopic (exact) mass is 275 g/mol. The SMILES string of the molecule is O=C(c1sccc1Br)N1CCOCC1. The van der Waals surface area contributed by atoms with Gasteiger partial charge in [-0.15, -0.1) is 11.3 Å². The van der Waals surface area contributed by atoms with Gasteiger partial charge < -0.3 is 9.64 Å². The number of amides is 1. The van der Waals surface area contributed by atoms with E-state index in [0.29, 0.717) is 26.3 Å². The summed E-state index contributed by atoms with van der Waals surface area (Å²) in [5.74, 6) is 0.107. The van der Waals surface area contributed by atoms with Gasteiger partial charge in [0.1, 0.15) is 4.88 Å². The van der Waals surface area contributed by atoms with Crippen LogP contribution < -0.4 is 0 Å². The van der Waals surface area contributed by atoms with Gasteiger partial charge in [-0.05, 0) is 27.4 Å². The lowest BCUT2D eigenvalue weighted by atomic mass is 10.3. The lowest BCUT2D eigenvalue weighted by molar-refractivity contribution is 0.0305. The van der Waals surface area contributed by atoms with Crippen molar-refractivity contribution in [2.45, 2.75) is 0 Å². The molecule has 76 valence electrons. The van der Waals surface area contributed by atoms with Crippen molar-refractivity contribution >= 4 is 33.2 Å². The molecule has 1 fully saturated rings. The summed E-state index contributed by atoms with van der Waals surface area (Å²) in [4.78, 5) is 14.6. The van der Waals surface area contributed by atoms with Crippen LogP contribution >= 0.6 is 27.3 Å². The Balaban J connectivity index is 2.11. The molecule has 0 N–H and O–H groups in total. The summed E-state index contributed by atoms with van der Waals surface area (Å²) in [6.45, 7) is 2.69. The van der Waals surface area contributed by atoms with Gasteiger partial charge in [-0.25, -0.2) is 0 Å². The number of ether oxygens (including phenoxy) is 1. The van der Waals surface area contributed by atoms with Crippen LogP contribution in [0.15, 0.2) is 15.9 Å². The van der Waals surface area contributed by atoms with Gasteiger partial charge in [-0.2, -0.15) is 0 Å². The number of thiophene rings is 1. The number of halogens is 1. The Hall–Kier alpha value is -0.390. The van der Waals surface area contributed by atoms with Crippen LogP contribution in [0, 0.1) is 0 Å². The van der Waals surface area contributed by atoms with Crippen LogP contribution in [0.2, 0.25) is 0 Å². The van der Waals surface area contributed by atoms with E-state index in [2.05, 4.69) is 15.9 Å². The summed E-state index contributed by atoms with van der Waals surface area (Å²) in [6, 6.07) is 1.90. The Morgan fingerprint density at radius 3 is 2.79 bits per heavy atom. The van der Waals surface area contributed by atoms with Gasteiger partial charge in [0.25, 0.3) is 5.91 Å². The van der Waals surface area contributed by atoms with Crippen molar-refractivity contribution in [2.24, 2.45) is 0 Å². The summed E-state index contributed by atoms with van der Waals surface area (Å²) in [5, 5.41) is 1.91. The second-order valence-electron chi connectivity index (χ2n) is 3.00. The molecular formula is C9H10BrNO2S. The molecule has 1 aliphatic rings. The molecule has 2 heterocycles. The van der Waals surface area contributed by atoms with Crippen LogP contribution in [0.3, 0.4) is 0 Å². The summed E-state index contributed by atoms with van der Waals surface area (Å²) in [7, 11) is 0. The molecule has 1 amide bonds. The minimum atomic E-state index is 0.107. The number of hydrogen-bond donors (Lipinski definition) is 0. The van der Waals surface area contributed by atoms with E-state index in [9.17, 15) is 4.79 Å². The molecule has 1 aromatic rings. The minimum Gasteiger partial charge on any atom is -0.378 e. The Morgan fingerprint density at radius 1 is 1.50 bits per heavy atom. The highest BCUT2D eigenvalue weighted by Gasteiger charge is 2.21. The Bertz CT molecular complexity index is 333. The maximum absolute atomic E-state index is 11.9. The molecule has 0 atom stereocenters. The third-order valence-corrected chi connectivity index (χ3v) is 3.94. The highest BCUT2D eigenvalue weighted by Crippen LogP contribution is 2.24. The van der Waals surface area contributed by atoms with Gasteiger partial charge in [-0.3, -0.25) is 4.79 Å². The Kier molecular flexibility index (Phi) is 3.20. The van der Waals surface area contributed by atoms with Crippen molar-refractivity contribution < 1.29 is 9.53 Å². The van der Waals surface area contributed by atoms with E-state index >= 15 is 0 Å². The average molecular weight is 276 g/mol. The zero-order chi connectivity index (χ0) is 9.97. The van der Waals surface area contributed by atoms with Gasteiger partial charge >= 0.3 is 0 Å². The van der Waals surface area contributed by atoms with Crippen LogP contribution in [0.5, 0.6) is 0 Å². The van der Waals surface area contributed by atoms with Crippen molar-refractivity contribution in [1.29, 1.82) is 0 Å². The normalized spacial score (nSPS) is 17.1. The van der Waals surface area contributed by atoms with Crippen LogP contribution in [-0.2, 0) is 4.74 Å². The van der Waals surface area contributed by atoms with Crippen LogP contribution in [0.4, 0.5) is 0 Å². The molecule has 2 rings (SSSR count). The standard InChI is InChI=1S/C9H10BrNO2S/c10-7-1-6-14-8(7)9(12)11-2-4-13-5-3-11/h1,6H,2-5H2. The van der Waals surface area contributed by atoms with Gasteiger partial charge in [0.05, 0.1) is 13.2 Å². The van der Waals surface area contributed by atoms with Crippen molar-refractivity contribution in [3.8, 4) is 0 Å². The largest absolute Gasteiger partial charge is 0.378 e. The zero-order valence-corrected chi connectivity index (χ0v) is 9.94. The first-order valence-corrected chi connectivity index (χ1v) is 6.06. The summed E-state index contributed by atoms with van der Waals surface area (Å²) < 4.78 is 6.08. The molecule has 0 bridgehead atoms. The van der Waals surface area contributed by atoms with Crippen LogP contribution in [0.1, 0.15) is 9.67 Å². The van der Waals surface area contributed by atoms with Gasteiger partial charge in [0.2, 0.25) is 0 Å².